The Bertz CT molecular complexity index is 1370. The minimum absolute atomic E-state index is 0.00719. The van der Waals surface area contributed by atoms with Crippen molar-refractivity contribution in [3.63, 3.8) is 0 Å². The van der Waals surface area contributed by atoms with Crippen LogP contribution in [0.1, 0.15) is 37.7 Å². The van der Waals surface area contributed by atoms with Crippen molar-refractivity contribution in [2.75, 3.05) is 64.6 Å². The summed E-state index contributed by atoms with van der Waals surface area (Å²) < 4.78 is 26.1. The summed E-state index contributed by atoms with van der Waals surface area (Å²) in [6.45, 7) is 1.07. The van der Waals surface area contributed by atoms with Crippen molar-refractivity contribution >= 4 is 29.4 Å². The molecule has 1 aromatic heterocycles. The fourth-order valence-electron chi connectivity index (χ4n) is 6.29. The topological polar surface area (TPSA) is 198 Å². The Morgan fingerprint density at radius 3 is 2.45 bits per heavy atom. The second kappa shape index (κ2) is 18.2. The number of amides is 2. The van der Waals surface area contributed by atoms with Gasteiger partial charge in [-0.1, -0.05) is 17.7 Å². The lowest BCUT2D eigenvalue weighted by Crippen LogP contribution is -2.52. The van der Waals surface area contributed by atoms with E-state index in [9.17, 15) is 30.0 Å². The number of aromatic nitrogens is 2. The first-order valence-corrected chi connectivity index (χ1v) is 16.9. The Balaban J connectivity index is 1.20. The van der Waals surface area contributed by atoms with E-state index in [1.54, 1.807) is 18.5 Å². The van der Waals surface area contributed by atoms with Gasteiger partial charge in [-0.25, -0.2) is 14.4 Å². The van der Waals surface area contributed by atoms with Crippen LogP contribution in [0.25, 0.3) is 0 Å². The van der Waals surface area contributed by atoms with Gasteiger partial charge < -0.3 is 50.1 Å². The molecule has 0 aliphatic carbocycles. The lowest BCUT2D eigenvalue weighted by molar-refractivity contribution is -0.137. The molecule has 14 nitrogen and oxygen atoms in total. The van der Waals surface area contributed by atoms with Crippen LogP contribution in [-0.4, -0.2) is 136 Å². The molecule has 16 heteroatoms. The first-order chi connectivity index (χ1) is 23.5. The zero-order chi connectivity index (χ0) is 35.6. The Kier molecular flexibility index (Phi) is 14.3. The quantitative estimate of drug-likeness (QED) is 0.123. The van der Waals surface area contributed by atoms with Gasteiger partial charge >= 0.3 is 0 Å². The van der Waals surface area contributed by atoms with E-state index in [4.69, 9.17) is 26.2 Å². The molecule has 0 radical (unpaired) electrons. The third-order valence-corrected chi connectivity index (χ3v) is 9.50. The third kappa shape index (κ3) is 10.4. The van der Waals surface area contributed by atoms with Gasteiger partial charge in [0.2, 0.25) is 17.8 Å². The van der Waals surface area contributed by atoms with Gasteiger partial charge in [-0.2, -0.15) is 0 Å². The number of anilines is 1. The molecule has 2 aliphatic rings. The fraction of sp³-hybridized carbons (Fsp3) is 0.636. The second-order valence-electron chi connectivity index (χ2n) is 12.8. The summed E-state index contributed by atoms with van der Waals surface area (Å²) in [4.78, 5) is 38.5. The smallest absolute Gasteiger partial charge is 0.230 e. The molecule has 2 saturated heterocycles. The van der Waals surface area contributed by atoms with Crippen molar-refractivity contribution in [3.05, 3.63) is 47.0 Å². The van der Waals surface area contributed by atoms with Crippen molar-refractivity contribution in [2.24, 2.45) is 11.3 Å². The van der Waals surface area contributed by atoms with Gasteiger partial charge in [-0.3, -0.25) is 9.59 Å². The Morgan fingerprint density at radius 2 is 1.80 bits per heavy atom. The normalized spacial score (nSPS) is 20.9. The number of benzene rings is 1. The maximum absolute atomic E-state index is 15.0. The van der Waals surface area contributed by atoms with E-state index >= 15 is 4.39 Å². The number of aliphatic hydroxyl groups is 5. The maximum atomic E-state index is 15.0. The summed E-state index contributed by atoms with van der Waals surface area (Å²) in [6.07, 6.45) is 0.100. The van der Waals surface area contributed by atoms with Gasteiger partial charge in [0.05, 0.1) is 55.2 Å². The maximum Gasteiger partial charge on any atom is 0.230 e. The monoisotopic (exact) mass is 711 g/mol. The number of nitrogens with zero attached hydrogens (tertiary/aromatic N) is 4. The molecule has 0 spiro atoms. The van der Waals surface area contributed by atoms with E-state index in [2.05, 4.69) is 20.2 Å². The van der Waals surface area contributed by atoms with Gasteiger partial charge in [-0.05, 0) is 49.7 Å². The number of hydrogen-bond donors (Lipinski definition) is 6. The van der Waals surface area contributed by atoms with Gasteiger partial charge in [0, 0.05) is 45.9 Å². The molecule has 4 rings (SSSR count). The third-order valence-electron chi connectivity index (χ3n) is 9.30. The number of nitrogens with one attached hydrogen (secondary N) is 1. The van der Waals surface area contributed by atoms with Crippen molar-refractivity contribution in [3.8, 4) is 5.75 Å². The van der Waals surface area contributed by atoms with Gasteiger partial charge in [-0.15, -0.1) is 0 Å². The SMILES string of the molecule is COCC1(C(=O)NCC(O)C(O)C(O)C(O)CO)CCN(C(=O)Cc2ccc(OCCCC3CCN(c4ncc(Cl)cn4)CC3)cc2F)C1. The first-order valence-electron chi connectivity index (χ1n) is 16.5. The van der Waals surface area contributed by atoms with Crippen LogP contribution in [0.4, 0.5) is 10.3 Å². The first kappa shape index (κ1) is 38.6. The summed E-state index contributed by atoms with van der Waals surface area (Å²) in [5.41, 5.74) is -0.959. The highest BCUT2D eigenvalue weighted by molar-refractivity contribution is 6.30. The van der Waals surface area contributed by atoms with Crippen LogP contribution in [-0.2, 0) is 20.7 Å². The van der Waals surface area contributed by atoms with Crippen LogP contribution < -0.4 is 15.0 Å². The lowest BCUT2D eigenvalue weighted by Gasteiger charge is -2.31. The van der Waals surface area contributed by atoms with Crippen LogP contribution in [0.5, 0.6) is 5.75 Å². The number of methoxy groups -OCH3 is 1. The molecule has 1 aromatic carbocycles. The number of halogens is 2. The van der Waals surface area contributed by atoms with Crippen molar-refractivity contribution in [1.29, 1.82) is 0 Å². The van der Waals surface area contributed by atoms with E-state index in [0.717, 1.165) is 38.8 Å². The van der Waals surface area contributed by atoms with Crippen molar-refractivity contribution < 1.29 is 49.0 Å². The highest BCUT2D eigenvalue weighted by atomic mass is 35.5. The summed E-state index contributed by atoms with van der Waals surface area (Å²) >= 11 is 5.88. The number of carbonyl (C=O) groups is 2. The zero-order valence-electron chi connectivity index (χ0n) is 27.6. The molecule has 2 aromatic rings. The molecular formula is C33H47ClFN5O9. The average molecular weight is 712 g/mol. The molecule has 0 saturated carbocycles. The van der Waals surface area contributed by atoms with Crippen LogP contribution in [0.2, 0.25) is 5.02 Å². The highest BCUT2D eigenvalue weighted by Gasteiger charge is 2.46. The minimum Gasteiger partial charge on any atom is -0.493 e. The van der Waals surface area contributed by atoms with Crippen LogP contribution in [0.15, 0.2) is 30.6 Å². The van der Waals surface area contributed by atoms with E-state index in [1.807, 2.05) is 0 Å². The number of rotatable bonds is 17. The Labute approximate surface area is 289 Å². The molecule has 6 N–H and O–H groups in total. The Morgan fingerprint density at radius 1 is 1.10 bits per heavy atom. The number of ether oxygens (including phenoxy) is 2. The zero-order valence-corrected chi connectivity index (χ0v) is 28.3. The van der Waals surface area contributed by atoms with E-state index < -0.39 is 54.7 Å². The number of likely N-dealkylation sites (tertiary alicyclic amines) is 1. The number of carbonyl (C=O) groups excluding carboxylic acids is 2. The van der Waals surface area contributed by atoms with Gasteiger partial charge in [0.25, 0.3) is 0 Å². The van der Waals surface area contributed by atoms with Crippen molar-refractivity contribution in [2.45, 2.75) is 62.9 Å². The van der Waals surface area contributed by atoms with Crippen LogP contribution in [0, 0.1) is 17.2 Å². The molecule has 2 aliphatic heterocycles. The molecule has 2 amide bonds. The van der Waals surface area contributed by atoms with Gasteiger partial charge in [0.1, 0.15) is 29.9 Å². The molecule has 5 atom stereocenters. The fourth-order valence-corrected chi connectivity index (χ4v) is 6.38. The lowest BCUT2D eigenvalue weighted by atomic mass is 9.86. The standard InChI is InChI=1S/C33H47ClFN5O9/c1-48-20-33(31(47)36-17-26(42)29(45)30(46)27(43)18-41)8-11-40(19-33)28(44)13-22-4-5-24(14-25(22)35)49-12-2-3-21-6-9-39(10-7-21)32-37-15-23(34)16-38-32/h4-5,14-16,21,26-27,29-30,41-43,45-46H,2-3,6-13,17-20H2,1H3,(H,36,47). The molecule has 2 fully saturated rings. The average Bonchev–Trinajstić information content (AvgIpc) is 3.55. The minimum atomic E-state index is -1.83. The summed E-state index contributed by atoms with van der Waals surface area (Å²) in [5, 5.41) is 51.5. The molecule has 0 bridgehead atoms. The number of piperidine rings is 1. The van der Waals surface area contributed by atoms with Crippen molar-refractivity contribution in [1.82, 2.24) is 20.2 Å². The molecular weight excluding hydrogens is 665 g/mol. The number of aliphatic hydroxyl groups excluding tert-OH is 5. The highest BCUT2D eigenvalue weighted by Crippen LogP contribution is 2.32. The summed E-state index contributed by atoms with van der Waals surface area (Å²) in [5.74, 6) is 0.146. The summed E-state index contributed by atoms with van der Waals surface area (Å²) in [6, 6.07) is 4.44. The molecule has 3 heterocycles. The number of hydrogen-bond acceptors (Lipinski definition) is 12. The largest absolute Gasteiger partial charge is 0.493 e. The van der Waals surface area contributed by atoms with Crippen LogP contribution in [0.3, 0.4) is 0 Å². The van der Waals surface area contributed by atoms with E-state index in [-0.39, 0.29) is 44.0 Å². The molecule has 49 heavy (non-hydrogen) atoms. The van der Waals surface area contributed by atoms with E-state index in [0.29, 0.717) is 29.2 Å². The summed E-state index contributed by atoms with van der Waals surface area (Å²) in [7, 11) is 1.41. The Hall–Kier alpha value is -3.18. The van der Waals surface area contributed by atoms with Crippen LogP contribution >= 0.6 is 11.6 Å². The van der Waals surface area contributed by atoms with E-state index in [1.165, 1.54) is 24.1 Å². The molecule has 272 valence electrons. The predicted molar refractivity (Wildman–Crippen MR) is 176 cm³/mol. The molecule has 5 unspecified atom stereocenters. The van der Waals surface area contributed by atoms with Gasteiger partial charge in [0.15, 0.2) is 0 Å². The second-order valence-corrected chi connectivity index (χ2v) is 13.3. The predicted octanol–water partition coefficient (Wildman–Crippen LogP) is 0.304.